The SMILES string of the molecule is COc1cc2cc[n+](Cc3cccc(OC)c3OCc3c(F)cccc3Cl)c(CCc3ccc(C(C)(C)C)cc3)c2cc1OC.[Cl-]. The third-order valence-electron chi connectivity index (χ3n) is 8.16. The van der Waals surface area contributed by atoms with E-state index in [2.05, 4.69) is 61.9 Å². The van der Waals surface area contributed by atoms with Gasteiger partial charge in [0.25, 0.3) is 0 Å². The molecule has 8 heteroatoms. The van der Waals surface area contributed by atoms with Gasteiger partial charge in [-0.2, -0.15) is 4.57 Å². The monoisotopic (exact) mass is 663 g/mol. The minimum absolute atomic E-state index is 0. The van der Waals surface area contributed by atoms with Gasteiger partial charge in [0.2, 0.25) is 0 Å². The van der Waals surface area contributed by atoms with E-state index < -0.39 is 5.82 Å². The first-order chi connectivity index (χ1) is 21.6. The summed E-state index contributed by atoms with van der Waals surface area (Å²) in [4.78, 5) is 0. The molecule has 0 aliphatic carbocycles. The van der Waals surface area contributed by atoms with Crippen molar-refractivity contribution in [3.63, 3.8) is 0 Å². The van der Waals surface area contributed by atoms with Crippen molar-refractivity contribution in [2.24, 2.45) is 0 Å². The number of pyridine rings is 1. The molecule has 5 rings (SSSR count). The van der Waals surface area contributed by atoms with Crippen LogP contribution in [0.3, 0.4) is 0 Å². The van der Waals surface area contributed by atoms with Gasteiger partial charge in [-0.05, 0) is 64.7 Å². The Morgan fingerprint density at radius 2 is 1.46 bits per heavy atom. The quantitative estimate of drug-likeness (QED) is 0.171. The van der Waals surface area contributed by atoms with Crippen molar-refractivity contribution >= 4 is 22.4 Å². The van der Waals surface area contributed by atoms with Gasteiger partial charge >= 0.3 is 0 Å². The highest BCUT2D eigenvalue weighted by molar-refractivity contribution is 6.31. The summed E-state index contributed by atoms with van der Waals surface area (Å²) in [7, 11) is 4.90. The Morgan fingerprint density at radius 1 is 0.783 bits per heavy atom. The lowest BCUT2D eigenvalue weighted by molar-refractivity contribution is -0.694. The van der Waals surface area contributed by atoms with E-state index in [1.54, 1.807) is 33.5 Å². The Labute approximate surface area is 282 Å². The average molecular weight is 665 g/mol. The average Bonchev–Trinajstić information content (AvgIpc) is 3.03. The normalized spacial score (nSPS) is 11.2. The summed E-state index contributed by atoms with van der Waals surface area (Å²) in [6, 6.07) is 25.4. The third-order valence-corrected chi connectivity index (χ3v) is 8.52. The van der Waals surface area contributed by atoms with E-state index in [4.69, 9.17) is 30.5 Å². The standard InChI is InChI=1S/C38H40ClFNO4.ClH/c1-38(2,3)28-16-13-25(14-17-28)15-18-33-29-22-36(44-6)35(43-5)21-26(29)19-20-41(33)23-27-9-7-12-34(42-4)37(27)45-24-30-31(39)10-8-11-32(30)40;/h7-14,16-17,19-22H,15,18,23-24H2,1-6H3;1H/q+1;/p-1. The summed E-state index contributed by atoms with van der Waals surface area (Å²) in [6.07, 6.45) is 3.72. The van der Waals surface area contributed by atoms with E-state index >= 15 is 0 Å². The largest absolute Gasteiger partial charge is 1.00 e. The molecule has 0 aliphatic heterocycles. The van der Waals surface area contributed by atoms with Crippen molar-refractivity contribution in [2.75, 3.05) is 21.3 Å². The lowest BCUT2D eigenvalue weighted by atomic mass is 9.86. The number of halogens is 3. The molecule has 0 aliphatic rings. The second-order valence-corrected chi connectivity index (χ2v) is 12.5. The molecule has 1 aromatic heterocycles. The maximum atomic E-state index is 14.6. The second kappa shape index (κ2) is 15.1. The zero-order chi connectivity index (χ0) is 32.1. The van der Waals surface area contributed by atoms with Gasteiger partial charge in [-0.15, -0.1) is 0 Å². The molecule has 242 valence electrons. The molecule has 0 radical (unpaired) electrons. The molecular formula is C38H40Cl2FNO4. The van der Waals surface area contributed by atoms with Gasteiger partial charge in [0.05, 0.1) is 37.3 Å². The summed E-state index contributed by atoms with van der Waals surface area (Å²) >= 11 is 6.30. The zero-order valence-corrected chi connectivity index (χ0v) is 28.6. The van der Waals surface area contributed by atoms with Crippen molar-refractivity contribution in [1.29, 1.82) is 0 Å². The number of aromatic nitrogens is 1. The van der Waals surface area contributed by atoms with Gasteiger partial charge in [0, 0.05) is 18.1 Å². The highest BCUT2D eigenvalue weighted by Gasteiger charge is 2.22. The molecule has 0 amide bonds. The molecule has 0 spiro atoms. The van der Waals surface area contributed by atoms with Crippen LogP contribution in [0.5, 0.6) is 23.0 Å². The van der Waals surface area contributed by atoms with E-state index in [9.17, 15) is 4.39 Å². The fourth-order valence-electron chi connectivity index (χ4n) is 5.57. The van der Waals surface area contributed by atoms with Gasteiger partial charge in [-0.1, -0.05) is 68.8 Å². The van der Waals surface area contributed by atoms with Crippen LogP contribution in [0, 0.1) is 5.82 Å². The molecule has 0 fully saturated rings. The Morgan fingerprint density at radius 3 is 2.11 bits per heavy atom. The third kappa shape index (κ3) is 7.68. The van der Waals surface area contributed by atoms with E-state index in [0.717, 1.165) is 34.9 Å². The number of methoxy groups -OCH3 is 3. The number of fused-ring (bicyclic) bond motifs is 1. The molecule has 0 saturated carbocycles. The summed E-state index contributed by atoms with van der Waals surface area (Å²) in [6.45, 7) is 7.15. The van der Waals surface area contributed by atoms with E-state index in [1.165, 1.54) is 17.2 Å². The Balaban J connectivity index is 0.00000480. The number of para-hydroxylation sites is 1. The molecule has 0 unspecified atom stereocenters. The predicted molar refractivity (Wildman–Crippen MR) is 178 cm³/mol. The van der Waals surface area contributed by atoms with Crippen LogP contribution in [0.1, 0.15) is 48.7 Å². The van der Waals surface area contributed by atoms with Crippen molar-refractivity contribution in [3.8, 4) is 23.0 Å². The maximum absolute atomic E-state index is 14.6. The molecule has 5 aromatic rings. The number of benzene rings is 4. The van der Waals surface area contributed by atoms with Gasteiger partial charge < -0.3 is 31.4 Å². The van der Waals surface area contributed by atoms with Crippen LogP contribution in [-0.2, 0) is 31.4 Å². The molecule has 0 atom stereocenters. The summed E-state index contributed by atoms with van der Waals surface area (Å²) in [5.74, 6) is 2.05. The fourth-order valence-corrected chi connectivity index (χ4v) is 5.78. The number of rotatable bonds is 11. The maximum Gasteiger partial charge on any atom is 0.189 e. The second-order valence-electron chi connectivity index (χ2n) is 12.1. The van der Waals surface area contributed by atoms with E-state index in [-0.39, 0.29) is 24.4 Å². The van der Waals surface area contributed by atoms with E-state index in [1.807, 2.05) is 30.3 Å². The Hall–Kier alpha value is -4.00. The van der Waals surface area contributed by atoms with Crippen LogP contribution in [0.25, 0.3) is 10.8 Å². The molecular weight excluding hydrogens is 624 g/mol. The Kier molecular flexibility index (Phi) is 11.4. The van der Waals surface area contributed by atoms with Gasteiger partial charge in [-0.25, -0.2) is 4.39 Å². The van der Waals surface area contributed by atoms with Crippen LogP contribution in [0.4, 0.5) is 4.39 Å². The highest BCUT2D eigenvalue weighted by Crippen LogP contribution is 2.35. The number of hydrogen-bond acceptors (Lipinski definition) is 4. The number of nitrogens with zero attached hydrogens (tertiary/aromatic N) is 1. The lowest BCUT2D eigenvalue weighted by Gasteiger charge is -2.19. The van der Waals surface area contributed by atoms with Gasteiger partial charge in [-0.3, -0.25) is 0 Å². The van der Waals surface area contributed by atoms with Crippen LogP contribution >= 0.6 is 11.6 Å². The highest BCUT2D eigenvalue weighted by atomic mass is 35.5. The predicted octanol–water partition coefficient (Wildman–Crippen LogP) is 5.66. The van der Waals surface area contributed by atoms with Crippen molar-refractivity contribution in [1.82, 2.24) is 0 Å². The smallest absolute Gasteiger partial charge is 0.189 e. The van der Waals surface area contributed by atoms with Gasteiger partial charge in [0.15, 0.2) is 41.4 Å². The fraction of sp³-hybridized carbons (Fsp3) is 0.289. The first kappa shape index (κ1) is 34.9. The summed E-state index contributed by atoms with van der Waals surface area (Å²) in [5.41, 5.74) is 5.00. The summed E-state index contributed by atoms with van der Waals surface area (Å²) < 4.78 is 40.0. The topological polar surface area (TPSA) is 40.8 Å². The molecule has 1 heterocycles. The first-order valence-electron chi connectivity index (χ1n) is 15.0. The molecule has 5 nitrogen and oxygen atoms in total. The summed E-state index contributed by atoms with van der Waals surface area (Å²) in [5, 5.41) is 2.45. The van der Waals surface area contributed by atoms with Crippen LogP contribution in [0.15, 0.2) is 85.1 Å². The molecule has 0 N–H and O–H groups in total. The minimum atomic E-state index is -0.412. The van der Waals surface area contributed by atoms with Gasteiger partial charge in [0.1, 0.15) is 12.4 Å². The number of ether oxygens (including phenoxy) is 4. The van der Waals surface area contributed by atoms with Crippen molar-refractivity contribution < 1.29 is 40.3 Å². The van der Waals surface area contributed by atoms with Crippen molar-refractivity contribution in [3.05, 3.63) is 124 Å². The van der Waals surface area contributed by atoms with Crippen LogP contribution < -0.4 is 35.9 Å². The molecule has 4 aromatic carbocycles. The van der Waals surface area contributed by atoms with E-state index in [0.29, 0.717) is 40.1 Å². The Bertz CT molecular complexity index is 1780. The molecule has 0 saturated heterocycles. The van der Waals surface area contributed by atoms with Crippen LogP contribution in [-0.4, -0.2) is 21.3 Å². The minimum Gasteiger partial charge on any atom is -1.00 e. The number of aryl methyl sites for hydroxylation is 2. The molecule has 0 bridgehead atoms. The van der Waals surface area contributed by atoms with Crippen molar-refractivity contribution in [2.45, 2.75) is 52.2 Å². The first-order valence-corrected chi connectivity index (χ1v) is 15.4. The lowest BCUT2D eigenvalue weighted by Crippen LogP contribution is -3.00. The zero-order valence-electron chi connectivity index (χ0n) is 27.1. The number of hydrogen-bond donors (Lipinski definition) is 0. The van der Waals surface area contributed by atoms with Crippen LogP contribution in [0.2, 0.25) is 5.02 Å². The molecule has 46 heavy (non-hydrogen) atoms.